The third-order valence-electron chi connectivity index (χ3n) is 2.90. The molecule has 1 N–H and O–H groups in total. The summed E-state index contributed by atoms with van der Waals surface area (Å²) in [6, 6.07) is 0. The highest BCUT2D eigenvalue weighted by molar-refractivity contribution is 4.86. The fourth-order valence-electron chi connectivity index (χ4n) is 1.91. The van der Waals surface area contributed by atoms with Crippen molar-refractivity contribution in [3.8, 4) is 0 Å². The first kappa shape index (κ1) is 12.9. The molecule has 0 radical (unpaired) electrons. The highest BCUT2D eigenvalue weighted by Gasteiger charge is 2.43. The van der Waals surface area contributed by atoms with E-state index in [1.807, 2.05) is 27.7 Å². The molecule has 0 spiro atoms. The second kappa shape index (κ2) is 4.78. The Labute approximate surface area is 91.4 Å². The lowest BCUT2D eigenvalue weighted by Gasteiger charge is -2.35. The first-order chi connectivity index (χ1) is 6.93. The van der Waals surface area contributed by atoms with Crippen LogP contribution in [0.15, 0.2) is 0 Å². The van der Waals surface area contributed by atoms with Crippen molar-refractivity contribution in [3.63, 3.8) is 0 Å². The minimum atomic E-state index is -0.760. The van der Waals surface area contributed by atoms with Crippen LogP contribution in [0.1, 0.15) is 47.0 Å². The Morgan fingerprint density at radius 3 is 2.53 bits per heavy atom. The zero-order chi connectivity index (χ0) is 11.5. The average Bonchev–Trinajstić information content (AvgIpc) is 2.26. The minimum absolute atomic E-state index is 0.226. The third-order valence-corrected chi connectivity index (χ3v) is 2.90. The molecular weight excluding hydrogens is 196 g/mol. The van der Waals surface area contributed by atoms with Crippen LogP contribution in [0.25, 0.3) is 0 Å². The minimum Gasteiger partial charge on any atom is -0.350 e. The molecule has 0 aromatic carbocycles. The van der Waals surface area contributed by atoms with E-state index in [-0.39, 0.29) is 5.60 Å². The van der Waals surface area contributed by atoms with E-state index >= 15 is 0 Å². The van der Waals surface area contributed by atoms with Crippen LogP contribution in [0.3, 0.4) is 0 Å². The van der Waals surface area contributed by atoms with E-state index in [1.165, 1.54) is 0 Å². The van der Waals surface area contributed by atoms with E-state index in [4.69, 9.17) is 14.7 Å². The molecule has 0 bridgehead atoms. The standard InChI is InChI=1S/C11H22O4/c1-5-13-9-11(4,15-12)8-6-7-10(2,3)14-9/h9,12H,5-8H2,1-4H3. The SMILES string of the molecule is CCOC1OC(C)(C)CCCC1(C)OO. The Kier molecular flexibility index (Phi) is 4.12. The maximum Gasteiger partial charge on any atom is 0.190 e. The molecule has 1 heterocycles. The Bertz CT molecular complexity index is 205. The molecule has 1 fully saturated rings. The third kappa shape index (κ3) is 3.14. The molecule has 1 aliphatic heterocycles. The van der Waals surface area contributed by atoms with Gasteiger partial charge in [-0.3, -0.25) is 5.26 Å². The number of rotatable bonds is 3. The highest BCUT2D eigenvalue weighted by Crippen LogP contribution is 2.35. The monoisotopic (exact) mass is 218 g/mol. The zero-order valence-electron chi connectivity index (χ0n) is 10.1. The van der Waals surface area contributed by atoms with Crippen LogP contribution in [0.5, 0.6) is 0 Å². The van der Waals surface area contributed by atoms with Gasteiger partial charge in [0.1, 0.15) is 0 Å². The van der Waals surface area contributed by atoms with E-state index in [1.54, 1.807) is 0 Å². The maximum absolute atomic E-state index is 8.98. The summed E-state index contributed by atoms with van der Waals surface area (Å²) in [6.45, 7) is 8.32. The second-order valence-corrected chi connectivity index (χ2v) is 4.92. The van der Waals surface area contributed by atoms with E-state index in [0.29, 0.717) is 6.61 Å². The first-order valence-corrected chi connectivity index (χ1v) is 5.55. The van der Waals surface area contributed by atoms with Gasteiger partial charge < -0.3 is 9.47 Å². The van der Waals surface area contributed by atoms with Crippen LogP contribution in [0.2, 0.25) is 0 Å². The van der Waals surface area contributed by atoms with Gasteiger partial charge in [-0.2, -0.15) is 0 Å². The van der Waals surface area contributed by atoms with Gasteiger partial charge in [-0.05, 0) is 47.0 Å². The number of hydrogen-bond acceptors (Lipinski definition) is 4. The van der Waals surface area contributed by atoms with Crippen LogP contribution < -0.4 is 0 Å². The van der Waals surface area contributed by atoms with Crippen LogP contribution in [-0.2, 0) is 14.4 Å². The Morgan fingerprint density at radius 1 is 1.33 bits per heavy atom. The quantitative estimate of drug-likeness (QED) is 0.584. The summed E-state index contributed by atoms with van der Waals surface area (Å²) in [5.41, 5.74) is -0.986. The van der Waals surface area contributed by atoms with E-state index < -0.39 is 11.9 Å². The van der Waals surface area contributed by atoms with Crippen molar-refractivity contribution >= 4 is 0 Å². The van der Waals surface area contributed by atoms with Crippen molar-refractivity contribution in [2.24, 2.45) is 0 Å². The summed E-state index contributed by atoms with van der Waals surface area (Å²) in [7, 11) is 0. The molecule has 2 unspecified atom stereocenters. The fourth-order valence-corrected chi connectivity index (χ4v) is 1.91. The van der Waals surface area contributed by atoms with Gasteiger partial charge >= 0.3 is 0 Å². The van der Waals surface area contributed by atoms with Gasteiger partial charge in [0.05, 0.1) is 5.60 Å². The van der Waals surface area contributed by atoms with Crippen molar-refractivity contribution in [3.05, 3.63) is 0 Å². The lowest BCUT2D eigenvalue weighted by atomic mass is 9.96. The first-order valence-electron chi connectivity index (χ1n) is 5.55. The van der Waals surface area contributed by atoms with Crippen LogP contribution in [0.4, 0.5) is 0 Å². The number of ether oxygens (including phenoxy) is 2. The molecule has 0 aromatic rings. The normalized spacial score (nSPS) is 36.2. The van der Waals surface area contributed by atoms with Crippen LogP contribution in [0, 0.1) is 0 Å². The lowest BCUT2D eigenvalue weighted by molar-refractivity contribution is -0.382. The largest absolute Gasteiger partial charge is 0.350 e. The Balaban J connectivity index is 2.79. The molecule has 1 aliphatic rings. The van der Waals surface area contributed by atoms with Crippen molar-refractivity contribution < 1.29 is 19.6 Å². The van der Waals surface area contributed by atoms with Crippen molar-refractivity contribution in [2.75, 3.05) is 6.61 Å². The molecule has 0 amide bonds. The number of hydrogen-bond donors (Lipinski definition) is 1. The van der Waals surface area contributed by atoms with Gasteiger partial charge in [-0.15, -0.1) is 0 Å². The van der Waals surface area contributed by atoms with Gasteiger partial charge in [0.15, 0.2) is 11.9 Å². The van der Waals surface area contributed by atoms with Gasteiger partial charge in [-0.1, -0.05) is 0 Å². The van der Waals surface area contributed by atoms with Gasteiger partial charge in [0.25, 0.3) is 0 Å². The molecule has 4 nitrogen and oxygen atoms in total. The Hall–Kier alpha value is -0.160. The summed E-state index contributed by atoms with van der Waals surface area (Å²) in [5.74, 6) is 0. The van der Waals surface area contributed by atoms with E-state index in [9.17, 15) is 0 Å². The van der Waals surface area contributed by atoms with Crippen LogP contribution >= 0.6 is 0 Å². The van der Waals surface area contributed by atoms with Crippen molar-refractivity contribution in [1.82, 2.24) is 0 Å². The summed E-state index contributed by atoms with van der Waals surface area (Å²) >= 11 is 0. The maximum atomic E-state index is 8.98. The molecule has 4 heteroatoms. The van der Waals surface area contributed by atoms with Gasteiger partial charge in [0, 0.05) is 6.61 Å². The lowest BCUT2D eigenvalue weighted by Crippen LogP contribution is -2.46. The van der Waals surface area contributed by atoms with Gasteiger partial charge in [-0.25, -0.2) is 4.89 Å². The molecular formula is C11H22O4. The zero-order valence-corrected chi connectivity index (χ0v) is 10.1. The summed E-state index contributed by atoms with van der Waals surface area (Å²) in [5, 5.41) is 8.98. The molecule has 1 saturated heterocycles. The molecule has 2 atom stereocenters. The predicted molar refractivity (Wildman–Crippen MR) is 56.5 cm³/mol. The summed E-state index contributed by atoms with van der Waals surface area (Å²) in [4.78, 5) is 4.57. The average molecular weight is 218 g/mol. The molecule has 0 aliphatic carbocycles. The fraction of sp³-hybridized carbons (Fsp3) is 1.00. The summed E-state index contributed by atoms with van der Waals surface area (Å²) < 4.78 is 11.3. The molecule has 90 valence electrons. The molecule has 0 aromatic heterocycles. The molecule has 0 saturated carbocycles. The van der Waals surface area contributed by atoms with Crippen molar-refractivity contribution in [2.45, 2.75) is 64.4 Å². The topological polar surface area (TPSA) is 47.9 Å². The van der Waals surface area contributed by atoms with E-state index in [0.717, 1.165) is 19.3 Å². The second-order valence-electron chi connectivity index (χ2n) is 4.92. The predicted octanol–water partition coefficient (Wildman–Crippen LogP) is 2.58. The Morgan fingerprint density at radius 2 is 2.00 bits per heavy atom. The molecule has 1 rings (SSSR count). The summed E-state index contributed by atoms with van der Waals surface area (Å²) in [6.07, 6.45) is 2.12. The van der Waals surface area contributed by atoms with Crippen molar-refractivity contribution in [1.29, 1.82) is 0 Å². The van der Waals surface area contributed by atoms with Gasteiger partial charge in [0.2, 0.25) is 0 Å². The molecule has 15 heavy (non-hydrogen) atoms. The van der Waals surface area contributed by atoms with E-state index in [2.05, 4.69) is 4.89 Å². The smallest absolute Gasteiger partial charge is 0.190 e. The highest BCUT2D eigenvalue weighted by atomic mass is 17.1. The van der Waals surface area contributed by atoms with Crippen LogP contribution in [-0.4, -0.2) is 29.4 Å².